The summed E-state index contributed by atoms with van der Waals surface area (Å²) in [6.07, 6.45) is 0.931. The predicted molar refractivity (Wildman–Crippen MR) is 143 cm³/mol. The Balaban J connectivity index is 1.25. The van der Waals surface area contributed by atoms with Crippen LogP contribution in [0.3, 0.4) is 0 Å². The summed E-state index contributed by atoms with van der Waals surface area (Å²) in [6, 6.07) is 23.1. The van der Waals surface area contributed by atoms with Crippen molar-refractivity contribution in [3.8, 4) is 5.75 Å². The van der Waals surface area contributed by atoms with Gasteiger partial charge in [0.25, 0.3) is 0 Å². The van der Waals surface area contributed by atoms with Crippen molar-refractivity contribution in [3.05, 3.63) is 77.9 Å². The maximum absolute atomic E-state index is 13.3. The number of rotatable bonds is 8. The number of benzene rings is 3. The van der Waals surface area contributed by atoms with Gasteiger partial charge in [0, 0.05) is 45.8 Å². The van der Waals surface area contributed by atoms with E-state index < -0.39 is 0 Å². The molecule has 0 saturated carbocycles. The van der Waals surface area contributed by atoms with E-state index in [9.17, 15) is 4.79 Å². The van der Waals surface area contributed by atoms with Gasteiger partial charge in [-0.25, -0.2) is 0 Å². The Morgan fingerprint density at radius 2 is 1.69 bits per heavy atom. The molecule has 190 valence electrons. The summed E-state index contributed by atoms with van der Waals surface area (Å²) in [4.78, 5) is 18.3. The summed E-state index contributed by atoms with van der Waals surface area (Å²) in [5.41, 5.74) is 2.39. The molecule has 1 amide bonds. The summed E-state index contributed by atoms with van der Waals surface area (Å²) in [5.74, 6) is 1.44. The minimum Gasteiger partial charge on any atom is -0.497 e. The van der Waals surface area contributed by atoms with E-state index in [-0.39, 0.29) is 11.8 Å². The lowest BCUT2D eigenvalue weighted by Gasteiger charge is -2.40. The van der Waals surface area contributed by atoms with Crippen molar-refractivity contribution in [2.24, 2.45) is 11.8 Å². The zero-order valence-corrected chi connectivity index (χ0v) is 21.2. The highest BCUT2D eigenvalue weighted by Crippen LogP contribution is 2.26. The van der Waals surface area contributed by atoms with Gasteiger partial charge in [-0.2, -0.15) is 0 Å². The summed E-state index contributed by atoms with van der Waals surface area (Å²) < 4.78 is 10.8. The molecular weight excluding hydrogens is 450 g/mol. The third-order valence-corrected chi connectivity index (χ3v) is 7.45. The van der Waals surface area contributed by atoms with Crippen molar-refractivity contribution in [1.29, 1.82) is 0 Å². The van der Waals surface area contributed by atoms with E-state index in [1.807, 2.05) is 24.3 Å². The lowest BCUT2D eigenvalue weighted by Crippen LogP contribution is -2.49. The summed E-state index contributed by atoms with van der Waals surface area (Å²) in [6.45, 7) is 7.82. The molecule has 2 heterocycles. The number of ether oxygens (including phenoxy) is 2. The fourth-order valence-electron chi connectivity index (χ4n) is 5.58. The van der Waals surface area contributed by atoms with E-state index in [4.69, 9.17) is 9.47 Å². The number of hydrogen-bond donors (Lipinski definition) is 1. The van der Waals surface area contributed by atoms with Gasteiger partial charge in [-0.3, -0.25) is 14.6 Å². The molecule has 0 bridgehead atoms. The van der Waals surface area contributed by atoms with Crippen molar-refractivity contribution in [3.63, 3.8) is 0 Å². The number of morpholine rings is 1. The first-order valence-electron chi connectivity index (χ1n) is 13.1. The van der Waals surface area contributed by atoms with E-state index in [0.717, 1.165) is 70.2 Å². The molecule has 36 heavy (non-hydrogen) atoms. The van der Waals surface area contributed by atoms with Gasteiger partial charge in [0.05, 0.1) is 26.2 Å². The second-order valence-corrected chi connectivity index (χ2v) is 10.2. The zero-order chi connectivity index (χ0) is 24.7. The van der Waals surface area contributed by atoms with E-state index in [2.05, 4.69) is 57.6 Å². The largest absolute Gasteiger partial charge is 0.497 e. The van der Waals surface area contributed by atoms with Crippen LogP contribution >= 0.6 is 0 Å². The average molecular weight is 488 g/mol. The topological polar surface area (TPSA) is 54.0 Å². The molecule has 6 nitrogen and oxygen atoms in total. The standard InChI is InChI=1S/C30H37N3O3/c1-35-29-10-7-23(8-11-29)18-31-30(34)28-17-25(20-32-12-14-36-15-13-32)21-33(22-28)19-24-6-9-26-4-2-3-5-27(26)16-24/h2-11,16,25,28H,12-15,17-22H2,1H3,(H,31,34)/t25-,28-/m1/s1. The third kappa shape index (κ3) is 6.44. The van der Waals surface area contributed by atoms with Crippen LogP contribution in [0.1, 0.15) is 17.5 Å². The molecule has 2 atom stereocenters. The highest BCUT2D eigenvalue weighted by Gasteiger charge is 2.32. The van der Waals surface area contributed by atoms with Gasteiger partial charge in [-0.15, -0.1) is 0 Å². The SMILES string of the molecule is COc1ccc(CNC(=O)[C@@H]2C[C@H](CN3CCOCC3)CN(Cc3ccc4ccccc4c3)C2)cc1. The molecule has 5 rings (SSSR count). The molecule has 2 aliphatic rings. The Labute approximate surface area is 214 Å². The first-order chi connectivity index (χ1) is 17.7. The van der Waals surface area contributed by atoms with Crippen molar-refractivity contribution in [2.75, 3.05) is 53.0 Å². The van der Waals surface area contributed by atoms with Crippen LogP contribution < -0.4 is 10.1 Å². The van der Waals surface area contributed by atoms with Crippen LogP contribution in [-0.2, 0) is 22.6 Å². The van der Waals surface area contributed by atoms with E-state index in [0.29, 0.717) is 12.5 Å². The number of nitrogens with one attached hydrogen (secondary N) is 1. The number of carbonyl (C=O) groups excluding carboxylic acids is 1. The van der Waals surface area contributed by atoms with Gasteiger partial charge in [0.1, 0.15) is 5.75 Å². The molecule has 1 N–H and O–H groups in total. The van der Waals surface area contributed by atoms with Crippen LogP contribution in [0.15, 0.2) is 66.7 Å². The predicted octanol–water partition coefficient (Wildman–Crippen LogP) is 3.94. The molecule has 6 heteroatoms. The monoisotopic (exact) mass is 487 g/mol. The average Bonchev–Trinajstić information content (AvgIpc) is 2.92. The van der Waals surface area contributed by atoms with Crippen LogP contribution in [0.25, 0.3) is 10.8 Å². The third-order valence-electron chi connectivity index (χ3n) is 7.45. The number of carbonyl (C=O) groups is 1. The van der Waals surface area contributed by atoms with Crippen molar-refractivity contribution >= 4 is 16.7 Å². The Morgan fingerprint density at radius 3 is 2.47 bits per heavy atom. The number of amides is 1. The van der Waals surface area contributed by atoms with Gasteiger partial charge in [0.2, 0.25) is 5.91 Å². The Bertz CT molecular complexity index is 1140. The molecule has 2 aliphatic heterocycles. The van der Waals surface area contributed by atoms with Crippen LogP contribution in [0.2, 0.25) is 0 Å². The van der Waals surface area contributed by atoms with Crippen LogP contribution in [0, 0.1) is 11.8 Å². The number of hydrogen-bond acceptors (Lipinski definition) is 5. The number of methoxy groups -OCH3 is 1. The zero-order valence-electron chi connectivity index (χ0n) is 21.2. The maximum atomic E-state index is 13.3. The molecule has 0 aromatic heterocycles. The molecular formula is C30H37N3O3. The number of likely N-dealkylation sites (tertiary alicyclic amines) is 1. The van der Waals surface area contributed by atoms with Crippen LogP contribution in [0.5, 0.6) is 5.75 Å². The van der Waals surface area contributed by atoms with E-state index >= 15 is 0 Å². The van der Waals surface area contributed by atoms with E-state index in [1.54, 1.807) is 7.11 Å². The molecule has 3 aromatic carbocycles. The number of nitrogens with zero attached hydrogens (tertiary/aromatic N) is 2. The quantitative estimate of drug-likeness (QED) is 0.522. The highest BCUT2D eigenvalue weighted by molar-refractivity contribution is 5.83. The Kier molecular flexibility index (Phi) is 8.16. The summed E-state index contributed by atoms with van der Waals surface area (Å²) in [7, 11) is 1.66. The lowest BCUT2D eigenvalue weighted by molar-refractivity contribution is -0.128. The number of piperidine rings is 1. The first-order valence-corrected chi connectivity index (χ1v) is 13.1. The van der Waals surface area contributed by atoms with Gasteiger partial charge >= 0.3 is 0 Å². The molecule has 2 fully saturated rings. The fourth-order valence-corrected chi connectivity index (χ4v) is 5.58. The van der Waals surface area contributed by atoms with Crippen molar-refractivity contribution in [2.45, 2.75) is 19.5 Å². The maximum Gasteiger partial charge on any atom is 0.224 e. The number of fused-ring (bicyclic) bond motifs is 1. The minimum absolute atomic E-state index is 0.0107. The second kappa shape index (κ2) is 11.9. The second-order valence-electron chi connectivity index (χ2n) is 10.2. The van der Waals surface area contributed by atoms with Gasteiger partial charge in [-0.05, 0) is 52.4 Å². The molecule has 0 radical (unpaired) electrons. The smallest absolute Gasteiger partial charge is 0.224 e. The Morgan fingerprint density at radius 1 is 0.944 bits per heavy atom. The molecule has 2 saturated heterocycles. The van der Waals surface area contributed by atoms with Gasteiger partial charge < -0.3 is 14.8 Å². The molecule has 0 unspecified atom stereocenters. The Hall–Kier alpha value is -2.93. The van der Waals surface area contributed by atoms with E-state index in [1.165, 1.54) is 16.3 Å². The van der Waals surface area contributed by atoms with Gasteiger partial charge in [0.15, 0.2) is 0 Å². The van der Waals surface area contributed by atoms with Crippen molar-refractivity contribution in [1.82, 2.24) is 15.1 Å². The highest BCUT2D eigenvalue weighted by atomic mass is 16.5. The lowest BCUT2D eigenvalue weighted by atomic mass is 9.87. The van der Waals surface area contributed by atoms with Crippen LogP contribution in [-0.4, -0.2) is 68.8 Å². The minimum atomic E-state index is -0.0107. The fraction of sp³-hybridized carbons (Fsp3) is 0.433. The van der Waals surface area contributed by atoms with Gasteiger partial charge in [-0.1, -0.05) is 48.5 Å². The normalized spacial score (nSPS) is 21.4. The summed E-state index contributed by atoms with van der Waals surface area (Å²) >= 11 is 0. The van der Waals surface area contributed by atoms with Crippen LogP contribution in [0.4, 0.5) is 0 Å². The summed E-state index contributed by atoms with van der Waals surface area (Å²) in [5, 5.41) is 5.73. The molecule has 0 spiro atoms. The first kappa shape index (κ1) is 24.8. The van der Waals surface area contributed by atoms with Crippen molar-refractivity contribution < 1.29 is 14.3 Å². The molecule has 0 aliphatic carbocycles. The molecule has 3 aromatic rings.